The van der Waals surface area contributed by atoms with Gasteiger partial charge >= 0.3 is 0 Å². The number of hydrogen-bond donors (Lipinski definition) is 3. The van der Waals surface area contributed by atoms with Crippen LogP contribution in [-0.4, -0.2) is 42.8 Å². The molecule has 3 N–H and O–H groups in total. The molecule has 0 spiro atoms. The summed E-state index contributed by atoms with van der Waals surface area (Å²) in [5, 5.41) is 26.5. The quantitative estimate of drug-likeness (QED) is 0.511. The number of nitrogens with one attached hydrogen (secondary N) is 2. The highest BCUT2D eigenvalue weighted by Gasteiger charge is 2.16. The van der Waals surface area contributed by atoms with Crippen LogP contribution >= 0.6 is 0 Å². The van der Waals surface area contributed by atoms with E-state index >= 15 is 0 Å². The van der Waals surface area contributed by atoms with Crippen molar-refractivity contribution in [1.82, 2.24) is 25.0 Å². The summed E-state index contributed by atoms with van der Waals surface area (Å²) >= 11 is 0. The Bertz CT molecular complexity index is 1080. The first-order valence-corrected chi connectivity index (χ1v) is 8.26. The van der Waals surface area contributed by atoms with Crippen molar-refractivity contribution in [1.29, 1.82) is 0 Å². The van der Waals surface area contributed by atoms with Gasteiger partial charge in [-0.2, -0.15) is 10.2 Å². The molecule has 0 aliphatic rings. The minimum Gasteiger partial charge on any atom is -0.496 e. The summed E-state index contributed by atoms with van der Waals surface area (Å²) < 4.78 is 7.16. The van der Waals surface area contributed by atoms with Gasteiger partial charge in [-0.3, -0.25) is 9.78 Å². The van der Waals surface area contributed by atoms with E-state index in [1.165, 1.54) is 0 Å². The van der Waals surface area contributed by atoms with Gasteiger partial charge in [-0.1, -0.05) is 6.07 Å². The van der Waals surface area contributed by atoms with Crippen LogP contribution < -0.4 is 10.1 Å². The molecule has 0 amide bonds. The molecule has 0 fully saturated rings. The van der Waals surface area contributed by atoms with Crippen LogP contribution in [0.4, 0.5) is 11.5 Å². The Kier molecular flexibility index (Phi) is 3.77. The lowest BCUT2D eigenvalue weighted by Crippen LogP contribution is -2.26. The van der Waals surface area contributed by atoms with E-state index in [0.717, 1.165) is 33.2 Å². The summed E-state index contributed by atoms with van der Waals surface area (Å²) in [6.07, 6.45) is 5.30. The molecule has 0 aliphatic heterocycles. The molecule has 3 aromatic heterocycles. The Hall–Kier alpha value is -3.13. The topological polar surface area (TPSA) is 101 Å². The van der Waals surface area contributed by atoms with Crippen molar-refractivity contribution in [3.8, 4) is 5.75 Å². The Labute approximate surface area is 149 Å². The van der Waals surface area contributed by atoms with E-state index in [2.05, 4.69) is 20.6 Å². The Balaban J connectivity index is 1.76. The lowest BCUT2D eigenvalue weighted by atomic mass is 10.1. The SMILES string of the molecule is COc1cccc2nc(Nc3cnn(CC(C)(C)O)c3)c3[nH]ncc3c12. The third-order valence-corrected chi connectivity index (χ3v) is 4.05. The van der Waals surface area contributed by atoms with Gasteiger partial charge in [-0.25, -0.2) is 4.98 Å². The monoisotopic (exact) mass is 352 g/mol. The lowest BCUT2D eigenvalue weighted by Gasteiger charge is -2.16. The number of ether oxygens (including phenoxy) is 1. The number of pyridine rings is 1. The number of rotatable bonds is 5. The van der Waals surface area contributed by atoms with Crippen LogP contribution in [0, 0.1) is 0 Å². The Morgan fingerprint density at radius 2 is 2.15 bits per heavy atom. The molecule has 3 heterocycles. The van der Waals surface area contributed by atoms with E-state index in [-0.39, 0.29) is 0 Å². The second-order valence-corrected chi connectivity index (χ2v) is 6.84. The van der Waals surface area contributed by atoms with E-state index in [1.54, 1.807) is 38.0 Å². The first kappa shape index (κ1) is 16.3. The van der Waals surface area contributed by atoms with Gasteiger partial charge in [0, 0.05) is 11.6 Å². The second kappa shape index (κ2) is 5.99. The summed E-state index contributed by atoms with van der Waals surface area (Å²) in [7, 11) is 1.64. The predicted molar refractivity (Wildman–Crippen MR) is 99.8 cm³/mol. The molecule has 8 heteroatoms. The minimum atomic E-state index is -0.836. The average Bonchev–Trinajstić information content (AvgIpc) is 3.22. The highest BCUT2D eigenvalue weighted by Crippen LogP contribution is 2.34. The van der Waals surface area contributed by atoms with Crippen LogP contribution in [0.25, 0.3) is 21.8 Å². The van der Waals surface area contributed by atoms with Crippen LogP contribution in [0.1, 0.15) is 13.8 Å². The molecule has 0 aliphatic carbocycles. The largest absolute Gasteiger partial charge is 0.496 e. The molecule has 0 saturated carbocycles. The van der Waals surface area contributed by atoms with Gasteiger partial charge in [-0.05, 0) is 26.0 Å². The highest BCUT2D eigenvalue weighted by molar-refractivity contribution is 6.11. The Morgan fingerprint density at radius 3 is 2.92 bits per heavy atom. The van der Waals surface area contributed by atoms with Gasteiger partial charge in [-0.15, -0.1) is 0 Å². The number of aliphatic hydroxyl groups is 1. The molecule has 0 bridgehead atoms. The average molecular weight is 352 g/mol. The fourth-order valence-electron chi connectivity index (χ4n) is 3.02. The maximum Gasteiger partial charge on any atom is 0.157 e. The van der Waals surface area contributed by atoms with Gasteiger partial charge in [0.05, 0.1) is 48.2 Å². The standard InChI is InChI=1S/C18H20N6O2/c1-18(2,25)10-24-9-11(7-20-24)21-17-16-12(8-19-23-16)15-13(22-17)5-4-6-14(15)26-3/h4-9,25H,10H2,1-3H3,(H,19,23)(H,21,22). The number of nitrogens with zero attached hydrogens (tertiary/aromatic N) is 4. The summed E-state index contributed by atoms with van der Waals surface area (Å²) in [6, 6.07) is 5.75. The molecule has 0 radical (unpaired) electrons. The maximum absolute atomic E-state index is 9.93. The van der Waals surface area contributed by atoms with Crippen molar-refractivity contribution < 1.29 is 9.84 Å². The van der Waals surface area contributed by atoms with E-state index in [1.807, 2.05) is 24.4 Å². The molecule has 0 unspecified atom stereocenters. The van der Waals surface area contributed by atoms with Crippen molar-refractivity contribution >= 4 is 33.3 Å². The van der Waals surface area contributed by atoms with Gasteiger partial charge in [0.25, 0.3) is 0 Å². The number of anilines is 2. The van der Waals surface area contributed by atoms with Crippen LogP contribution in [0.15, 0.2) is 36.8 Å². The van der Waals surface area contributed by atoms with Crippen LogP contribution in [-0.2, 0) is 6.54 Å². The van der Waals surface area contributed by atoms with E-state index in [4.69, 9.17) is 9.72 Å². The second-order valence-electron chi connectivity index (χ2n) is 6.84. The van der Waals surface area contributed by atoms with Crippen molar-refractivity contribution in [3.63, 3.8) is 0 Å². The zero-order chi connectivity index (χ0) is 18.3. The fraction of sp³-hybridized carbons (Fsp3) is 0.278. The van der Waals surface area contributed by atoms with Crippen molar-refractivity contribution in [2.24, 2.45) is 0 Å². The van der Waals surface area contributed by atoms with Gasteiger partial charge in [0.15, 0.2) is 5.82 Å². The lowest BCUT2D eigenvalue weighted by molar-refractivity contribution is 0.0578. The van der Waals surface area contributed by atoms with Gasteiger partial charge < -0.3 is 15.2 Å². The Morgan fingerprint density at radius 1 is 1.31 bits per heavy atom. The number of fused-ring (bicyclic) bond motifs is 3. The molecule has 8 nitrogen and oxygen atoms in total. The van der Waals surface area contributed by atoms with Crippen molar-refractivity contribution in [2.45, 2.75) is 26.0 Å². The number of hydrogen-bond acceptors (Lipinski definition) is 6. The molecule has 1 aromatic carbocycles. The molecule has 0 saturated heterocycles. The van der Waals surface area contributed by atoms with Crippen molar-refractivity contribution in [3.05, 3.63) is 36.8 Å². The molecule has 26 heavy (non-hydrogen) atoms. The first-order valence-electron chi connectivity index (χ1n) is 8.26. The molecular formula is C18H20N6O2. The number of aromatic amines is 1. The number of methoxy groups -OCH3 is 1. The molecule has 134 valence electrons. The highest BCUT2D eigenvalue weighted by atomic mass is 16.5. The minimum absolute atomic E-state index is 0.399. The van der Waals surface area contributed by atoms with E-state index in [9.17, 15) is 5.11 Å². The maximum atomic E-state index is 9.93. The third kappa shape index (κ3) is 2.95. The van der Waals surface area contributed by atoms with Gasteiger partial charge in [0.1, 0.15) is 11.3 Å². The zero-order valence-corrected chi connectivity index (χ0v) is 14.8. The predicted octanol–water partition coefficient (Wildman–Crippen LogP) is 2.83. The van der Waals surface area contributed by atoms with E-state index in [0.29, 0.717) is 12.4 Å². The molecule has 4 rings (SSSR count). The van der Waals surface area contributed by atoms with E-state index < -0.39 is 5.60 Å². The summed E-state index contributed by atoms with van der Waals surface area (Å²) in [6.45, 7) is 3.89. The first-order chi connectivity index (χ1) is 12.4. The van der Waals surface area contributed by atoms with Crippen LogP contribution in [0.2, 0.25) is 0 Å². The molecule has 4 aromatic rings. The molecule has 0 atom stereocenters. The molecular weight excluding hydrogens is 332 g/mol. The fourth-order valence-corrected chi connectivity index (χ4v) is 3.02. The summed E-state index contributed by atoms with van der Waals surface area (Å²) in [4.78, 5) is 4.71. The smallest absolute Gasteiger partial charge is 0.157 e. The summed E-state index contributed by atoms with van der Waals surface area (Å²) in [5.74, 6) is 1.41. The van der Waals surface area contributed by atoms with Crippen LogP contribution in [0.3, 0.4) is 0 Å². The normalized spacial score (nSPS) is 12.0. The number of aromatic nitrogens is 5. The zero-order valence-electron chi connectivity index (χ0n) is 14.8. The number of H-pyrrole nitrogens is 1. The van der Waals surface area contributed by atoms with Crippen molar-refractivity contribution in [2.75, 3.05) is 12.4 Å². The summed E-state index contributed by atoms with van der Waals surface area (Å²) in [5.41, 5.74) is 1.54. The third-order valence-electron chi connectivity index (χ3n) is 4.05. The number of benzene rings is 1. The van der Waals surface area contributed by atoms with Crippen LogP contribution in [0.5, 0.6) is 5.75 Å². The van der Waals surface area contributed by atoms with Gasteiger partial charge in [0.2, 0.25) is 0 Å².